The van der Waals surface area contributed by atoms with Crippen LogP contribution in [0.2, 0.25) is 5.15 Å². The van der Waals surface area contributed by atoms with Crippen molar-refractivity contribution in [2.24, 2.45) is 5.73 Å². The molecule has 0 radical (unpaired) electrons. The van der Waals surface area contributed by atoms with Gasteiger partial charge in [0.05, 0.1) is 11.1 Å². The van der Waals surface area contributed by atoms with Gasteiger partial charge in [0.2, 0.25) is 0 Å². The second-order valence-corrected chi connectivity index (χ2v) is 3.86. The molecule has 0 aliphatic carbocycles. The summed E-state index contributed by atoms with van der Waals surface area (Å²) < 4.78 is 5.18. The minimum atomic E-state index is 0.414. The van der Waals surface area contributed by atoms with Crippen molar-refractivity contribution in [2.75, 3.05) is 0 Å². The zero-order chi connectivity index (χ0) is 9.26. The van der Waals surface area contributed by atoms with Crippen molar-refractivity contribution in [1.29, 1.82) is 0 Å². The van der Waals surface area contributed by atoms with Gasteiger partial charge in [-0.3, -0.25) is 0 Å². The lowest BCUT2D eigenvalue weighted by atomic mass is 10.5. The average molecular weight is 215 g/mol. The molecule has 0 aromatic carbocycles. The van der Waals surface area contributed by atoms with Crippen LogP contribution in [0.5, 0.6) is 0 Å². The fourth-order valence-corrected chi connectivity index (χ4v) is 2.09. The minimum absolute atomic E-state index is 0.414. The van der Waals surface area contributed by atoms with Gasteiger partial charge in [-0.2, -0.15) is 0 Å². The largest absolute Gasteiger partial charge is 0.462 e. The zero-order valence-corrected chi connectivity index (χ0v) is 8.23. The maximum Gasteiger partial charge on any atom is 0.162 e. The molecule has 0 fully saturated rings. The van der Waals surface area contributed by atoms with Crippen molar-refractivity contribution < 1.29 is 4.42 Å². The van der Waals surface area contributed by atoms with Crippen LogP contribution >= 0.6 is 22.9 Å². The molecule has 0 amide bonds. The first-order chi connectivity index (χ1) is 6.31. The Bertz CT molecular complexity index is 396. The number of hydrogen-bond acceptors (Lipinski definition) is 4. The Morgan fingerprint density at radius 2 is 2.46 bits per heavy atom. The van der Waals surface area contributed by atoms with Crippen LogP contribution < -0.4 is 5.73 Å². The Hall–Kier alpha value is -0.840. The Kier molecular flexibility index (Phi) is 2.35. The molecular weight excluding hydrogens is 208 g/mol. The molecule has 2 N–H and O–H groups in total. The molecule has 0 saturated carbocycles. The molecule has 2 aromatic heterocycles. The molecule has 2 rings (SSSR count). The normalized spacial score (nSPS) is 10.6. The Balaban J connectivity index is 2.43. The molecule has 68 valence electrons. The molecule has 0 bridgehead atoms. The van der Waals surface area contributed by atoms with Gasteiger partial charge in [0.1, 0.15) is 5.15 Å². The second-order valence-electron chi connectivity index (χ2n) is 2.41. The van der Waals surface area contributed by atoms with Crippen molar-refractivity contribution in [2.45, 2.75) is 6.54 Å². The summed E-state index contributed by atoms with van der Waals surface area (Å²) in [6, 6.07) is 3.65. The van der Waals surface area contributed by atoms with E-state index in [1.165, 1.54) is 11.3 Å². The molecule has 0 spiro atoms. The summed E-state index contributed by atoms with van der Waals surface area (Å²) in [7, 11) is 0. The van der Waals surface area contributed by atoms with Crippen LogP contribution in [-0.4, -0.2) is 4.98 Å². The highest BCUT2D eigenvalue weighted by Gasteiger charge is 2.10. The number of nitrogens with two attached hydrogens (primary N) is 1. The highest BCUT2D eigenvalue weighted by atomic mass is 35.5. The number of nitrogens with zero attached hydrogens (tertiary/aromatic N) is 1. The van der Waals surface area contributed by atoms with Gasteiger partial charge in [-0.05, 0) is 12.1 Å². The fourth-order valence-electron chi connectivity index (χ4n) is 0.965. The minimum Gasteiger partial charge on any atom is -0.462 e. The molecule has 5 heteroatoms. The molecule has 2 aromatic rings. The third-order valence-corrected chi connectivity index (χ3v) is 3.08. The van der Waals surface area contributed by atoms with Gasteiger partial charge < -0.3 is 10.2 Å². The number of aromatic nitrogens is 1. The predicted molar refractivity (Wildman–Crippen MR) is 52.7 cm³/mol. The van der Waals surface area contributed by atoms with E-state index >= 15 is 0 Å². The third kappa shape index (κ3) is 1.60. The summed E-state index contributed by atoms with van der Waals surface area (Å²) in [5, 5.41) is 1.24. The van der Waals surface area contributed by atoms with E-state index in [1.54, 1.807) is 6.26 Å². The van der Waals surface area contributed by atoms with E-state index in [9.17, 15) is 0 Å². The lowest BCUT2D eigenvalue weighted by Gasteiger charge is -1.85. The Morgan fingerprint density at radius 3 is 3.00 bits per heavy atom. The Labute approximate surface area is 84.2 Å². The molecule has 0 saturated heterocycles. The number of halogens is 1. The van der Waals surface area contributed by atoms with Crippen LogP contribution in [0.1, 0.15) is 4.88 Å². The molecule has 2 heterocycles. The van der Waals surface area contributed by atoms with Gasteiger partial charge >= 0.3 is 0 Å². The van der Waals surface area contributed by atoms with Crippen LogP contribution in [-0.2, 0) is 6.54 Å². The number of furan rings is 1. The molecule has 0 aliphatic rings. The third-order valence-electron chi connectivity index (χ3n) is 1.57. The maximum absolute atomic E-state index is 5.84. The molecule has 0 aliphatic heterocycles. The van der Waals surface area contributed by atoms with Crippen molar-refractivity contribution in [3.63, 3.8) is 0 Å². The lowest BCUT2D eigenvalue weighted by molar-refractivity contribution is 0.582. The van der Waals surface area contributed by atoms with Crippen molar-refractivity contribution in [3.8, 4) is 10.8 Å². The van der Waals surface area contributed by atoms with Crippen LogP contribution in [0.25, 0.3) is 10.8 Å². The quantitative estimate of drug-likeness (QED) is 0.836. The first-order valence-corrected chi connectivity index (χ1v) is 4.90. The SMILES string of the molecule is NCc1sc(-c2ccco2)nc1Cl. The van der Waals surface area contributed by atoms with Gasteiger partial charge in [-0.1, -0.05) is 11.6 Å². The van der Waals surface area contributed by atoms with E-state index in [0.29, 0.717) is 11.7 Å². The van der Waals surface area contributed by atoms with E-state index in [2.05, 4.69) is 4.98 Å². The highest BCUT2D eigenvalue weighted by Crippen LogP contribution is 2.30. The van der Waals surface area contributed by atoms with E-state index in [4.69, 9.17) is 21.8 Å². The van der Waals surface area contributed by atoms with Crippen molar-refractivity contribution in [1.82, 2.24) is 4.98 Å². The van der Waals surface area contributed by atoms with Crippen LogP contribution in [0.3, 0.4) is 0 Å². The lowest BCUT2D eigenvalue weighted by Crippen LogP contribution is -1.92. The van der Waals surface area contributed by atoms with E-state index < -0.39 is 0 Å². The summed E-state index contributed by atoms with van der Waals surface area (Å²) in [6.07, 6.45) is 1.60. The first-order valence-electron chi connectivity index (χ1n) is 3.70. The summed E-state index contributed by atoms with van der Waals surface area (Å²) in [6.45, 7) is 0.414. The standard InChI is InChI=1S/C8H7ClN2OS/c9-7-6(4-10)13-8(11-7)5-2-1-3-12-5/h1-3H,4,10H2. The van der Waals surface area contributed by atoms with E-state index in [-0.39, 0.29) is 0 Å². The smallest absolute Gasteiger partial charge is 0.162 e. The maximum atomic E-state index is 5.84. The second kappa shape index (κ2) is 3.49. The number of hydrogen-bond donors (Lipinski definition) is 1. The van der Waals surface area contributed by atoms with E-state index in [0.717, 1.165) is 15.6 Å². The van der Waals surface area contributed by atoms with Crippen molar-refractivity contribution in [3.05, 3.63) is 28.4 Å². The van der Waals surface area contributed by atoms with Gasteiger partial charge in [0.25, 0.3) is 0 Å². The van der Waals surface area contributed by atoms with Crippen LogP contribution in [0.4, 0.5) is 0 Å². The van der Waals surface area contributed by atoms with Crippen LogP contribution in [0, 0.1) is 0 Å². The summed E-state index contributed by atoms with van der Waals surface area (Å²) in [5.41, 5.74) is 5.47. The zero-order valence-electron chi connectivity index (χ0n) is 6.66. The average Bonchev–Trinajstić information content (AvgIpc) is 2.71. The van der Waals surface area contributed by atoms with Gasteiger partial charge in [0, 0.05) is 6.54 Å². The molecule has 13 heavy (non-hydrogen) atoms. The van der Waals surface area contributed by atoms with Gasteiger partial charge in [-0.25, -0.2) is 4.98 Å². The first kappa shape index (κ1) is 8.74. The fraction of sp³-hybridized carbons (Fsp3) is 0.125. The number of thiazole rings is 1. The van der Waals surface area contributed by atoms with E-state index in [1.807, 2.05) is 12.1 Å². The monoisotopic (exact) mass is 214 g/mol. The molecule has 0 unspecified atom stereocenters. The van der Waals surface area contributed by atoms with Crippen molar-refractivity contribution >= 4 is 22.9 Å². The highest BCUT2D eigenvalue weighted by molar-refractivity contribution is 7.15. The molecule has 0 atom stereocenters. The van der Waals surface area contributed by atoms with Crippen LogP contribution in [0.15, 0.2) is 22.8 Å². The Morgan fingerprint density at radius 1 is 1.62 bits per heavy atom. The number of rotatable bonds is 2. The summed E-state index contributed by atoms with van der Waals surface area (Å²) in [4.78, 5) is 5.02. The van der Waals surface area contributed by atoms with Gasteiger partial charge in [0.15, 0.2) is 10.8 Å². The van der Waals surface area contributed by atoms with Gasteiger partial charge in [-0.15, -0.1) is 11.3 Å². The topological polar surface area (TPSA) is 52.0 Å². The molecular formula is C8H7ClN2OS. The molecule has 3 nitrogen and oxygen atoms in total. The summed E-state index contributed by atoms with van der Waals surface area (Å²) in [5.74, 6) is 0.728. The summed E-state index contributed by atoms with van der Waals surface area (Å²) >= 11 is 7.30. The predicted octanol–water partition coefficient (Wildman–Crippen LogP) is 2.52.